The average Bonchev–Trinajstić information content (AvgIpc) is 2.68. The van der Waals surface area contributed by atoms with Gasteiger partial charge >= 0.3 is 0 Å². The molecule has 1 saturated heterocycles. The molecular weight excluding hydrogens is 374 g/mol. The zero-order chi connectivity index (χ0) is 18.7. The Balaban J connectivity index is 1.76. The number of para-hydroxylation sites is 1. The molecule has 8 heteroatoms. The Morgan fingerprint density at radius 3 is 2.31 bits per heavy atom. The van der Waals surface area contributed by atoms with Gasteiger partial charge in [0.2, 0.25) is 10.0 Å². The summed E-state index contributed by atoms with van der Waals surface area (Å²) in [6.45, 7) is 2.52. The van der Waals surface area contributed by atoms with Gasteiger partial charge < -0.3 is 9.80 Å². The van der Waals surface area contributed by atoms with Crippen LogP contribution in [0.2, 0.25) is 5.02 Å². The number of nitrogens with one attached hydrogen (secondary N) is 1. The van der Waals surface area contributed by atoms with Crippen molar-refractivity contribution in [1.82, 2.24) is 9.62 Å². The van der Waals surface area contributed by atoms with E-state index in [1.54, 1.807) is 4.90 Å². The smallest absolute Gasteiger partial charge is 0.255 e. The minimum Gasteiger partial charge on any atom is -0.368 e. The topological polar surface area (TPSA) is 69.7 Å². The predicted molar refractivity (Wildman–Crippen MR) is 102 cm³/mol. The minimum atomic E-state index is -3.63. The van der Waals surface area contributed by atoms with Gasteiger partial charge in [0.05, 0.1) is 15.5 Å². The standard InChI is InChI=1S/C18H20ClN3O3S/c1-20-26(24,25)15-7-8-17(19)16(13-15)18(23)22-11-9-21(10-12-22)14-5-3-2-4-6-14/h2-8,13,20H,9-12H2,1H3. The Morgan fingerprint density at radius 1 is 1.04 bits per heavy atom. The van der Waals surface area contributed by atoms with Gasteiger partial charge in [0.1, 0.15) is 0 Å². The van der Waals surface area contributed by atoms with Crippen LogP contribution in [-0.2, 0) is 10.0 Å². The first-order valence-electron chi connectivity index (χ1n) is 8.25. The molecule has 0 saturated carbocycles. The molecule has 0 spiro atoms. The number of sulfonamides is 1. The number of amides is 1. The quantitative estimate of drug-likeness (QED) is 0.864. The lowest BCUT2D eigenvalue weighted by atomic mass is 10.1. The number of anilines is 1. The summed E-state index contributed by atoms with van der Waals surface area (Å²) < 4.78 is 26.2. The first kappa shape index (κ1) is 18.7. The molecule has 0 bridgehead atoms. The van der Waals surface area contributed by atoms with Crippen LogP contribution in [0.5, 0.6) is 0 Å². The number of rotatable bonds is 4. The lowest BCUT2D eigenvalue weighted by molar-refractivity contribution is 0.0746. The fourth-order valence-electron chi connectivity index (χ4n) is 2.93. The van der Waals surface area contributed by atoms with Crippen LogP contribution in [0, 0.1) is 0 Å². The van der Waals surface area contributed by atoms with Crippen LogP contribution in [0.3, 0.4) is 0 Å². The van der Waals surface area contributed by atoms with E-state index in [1.807, 2.05) is 30.3 Å². The van der Waals surface area contributed by atoms with E-state index in [0.29, 0.717) is 26.2 Å². The van der Waals surface area contributed by atoms with Crippen LogP contribution in [0.15, 0.2) is 53.4 Å². The molecule has 1 N–H and O–H groups in total. The van der Waals surface area contributed by atoms with Crippen molar-refractivity contribution in [1.29, 1.82) is 0 Å². The van der Waals surface area contributed by atoms with E-state index >= 15 is 0 Å². The van der Waals surface area contributed by atoms with Crippen molar-refractivity contribution in [3.63, 3.8) is 0 Å². The van der Waals surface area contributed by atoms with Gasteiger partial charge in [-0.1, -0.05) is 29.8 Å². The van der Waals surface area contributed by atoms with Gasteiger partial charge in [0.15, 0.2) is 0 Å². The van der Waals surface area contributed by atoms with Crippen molar-refractivity contribution in [3.8, 4) is 0 Å². The highest BCUT2D eigenvalue weighted by molar-refractivity contribution is 7.89. The van der Waals surface area contributed by atoms with Crippen molar-refractivity contribution >= 4 is 33.2 Å². The number of carbonyl (C=O) groups is 1. The molecule has 26 heavy (non-hydrogen) atoms. The van der Waals surface area contributed by atoms with Crippen molar-refractivity contribution in [2.75, 3.05) is 38.1 Å². The Kier molecular flexibility index (Phi) is 5.50. The number of nitrogens with zero attached hydrogens (tertiary/aromatic N) is 2. The molecule has 1 amide bonds. The van der Waals surface area contributed by atoms with Gasteiger partial charge in [-0.15, -0.1) is 0 Å². The normalized spacial score (nSPS) is 15.2. The summed E-state index contributed by atoms with van der Waals surface area (Å²) >= 11 is 6.15. The van der Waals surface area contributed by atoms with Gasteiger partial charge in [-0.25, -0.2) is 13.1 Å². The van der Waals surface area contributed by atoms with Crippen molar-refractivity contribution < 1.29 is 13.2 Å². The molecule has 1 fully saturated rings. The molecule has 1 aliphatic heterocycles. The van der Waals surface area contributed by atoms with Gasteiger partial charge in [0.25, 0.3) is 5.91 Å². The summed E-state index contributed by atoms with van der Waals surface area (Å²) in [5, 5.41) is 0.246. The van der Waals surface area contributed by atoms with Crippen LogP contribution < -0.4 is 9.62 Å². The van der Waals surface area contributed by atoms with Crippen molar-refractivity contribution in [2.24, 2.45) is 0 Å². The highest BCUT2D eigenvalue weighted by atomic mass is 35.5. The summed E-state index contributed by atoms with van der Waals surface area (Å²) in [6.07, 6.45) is 0. The predicted octanol–water partition coefficient (Wildman–Crippen LogP) is 2.21. The summed E-state index contributed by atoms with van der Waals surface area (Å²) in [4.78, 5) is 16.8. The lowest BCUT2D eigenvalue weighted by Crippen LogP contribution is -2.48. The van der Waals surface area contributed by atoms with E-state index in [9.17, 15) is 13.2 Å². The molecule has 2 aromatic rings. The molecule has 3 rings (SSSR count). The maximum Gasteiger partial charge on any atom is 0.255 e. The molecule has 1 aliphatic rings. The van der Waals surface area contributed by atoms with Gasteiger partial charge in [-0.2, -0.15) is 0 Å². The monoisotopic (exact) mass is 393 g/mol. The van der Waals surface area contributed by atoms with Gasteiger partial charge in [-0.05, 0) is 37.4 Å². The molecule has 2 aromatic carbocycles. The van der Waals surface area contributed by atoms with E-state index in [-0.39, 0.29) is 21.4 Å². The molecule has 1 heterocycles. The number of carbonyl (C=O) groups excluding carboxylic acids is 1. The minimum absolute atomic E-state index is 0.0238. The van der Waals surface area contributed by atoms with Crippen LogP contribution in [-0.4, -0.2) is 52.5 Å². The Morgan fingerprint density at radius 2 is 1.69 bits per heavy atom. The first-order valence-corrected chi connectivity index (χ1v) is 10.1. The number of hydrogen-bond acceptors (Lipinski definition) is 4. The second-order valence-electron chi connectivity index (χ2n) is 5.96. The lowest BCUT2D eigenvalue weighted by Gasteiger charge is -2.36. The summed E-state index contributed by atoms with van der Waals surface area (Å²) in [6, 6.07) is 14.2. The highest BCUT2D eigenvalue weighted by Gasteiger charge is 2.25. The summed E-state index contributed by atoms with van der Waals surface area (Å²) in [5.41, 5.74) is 1.33. The Hall–Kier alpha value is -2.09. The number of hydrogen-bond donors (Lipinski definition) is 1. The molecule has 6 nitrogen and oxygen atoms in total. The molecule has 0 atom stereocenters. The maximum atomic E-state index is 12.8. The van der Waals surface area contributed by atoms with E-state index in [4.69, 9.17) is 11.6 Å². The Bertz CT molecular complexity index is 895. The molecule has 0 aromatic heterocycles. The van der Waals surface area contributed by atoms with Crippen LogP contribution >= 0.6 is 11.6 Å². The fourth-order valence-corrected chi connectivity index (χ4v) is 3.88. The second kappa shape index (κ2) is 7.65. The largest absolute Gasteiger partial charge is 0.368 e. The number of benzene rings is 2. The van der Waals surface area contributed by atoms with E-state index in [1.165, 1.54) is 25.2 Å². The van der Waals surface area contributed by atoms with Crippen LogP contribution in [0.4, 0.5) is 5.69 Å². The average molecular weight is 394 g/mol. The molecule has 0 unspecified atom stereocenters. The van der Waals surface area contributed by atoms with Crippen LogP contribution in [0.1, 0.15) is 10.4 Å². The summed E-state index contributed by atoms with van der Waals surface area (Å²) in [5.74, 6) is -0.254. The third kappa shape index (κ3) is 3.85. The molecule has 138 valence electrons. The van der Waals surface area contributed by atoms with E-state index in [0.717, 1.165) is 5.69 Å². The maximum absolute atomic E-state index is 12.8. The van der Waals surface area contributed by atoms with E-state index < -0.39 is 10.0 Å². The third-order valence-electron chi connectivity index (χ3n) is 4.44. The zero-order valence-corrected chi connectivity index (χ0v) is 15.9. The number of piperazine rings is 1. The van der Waals surface area contributed by atoms with E-state index in [2.05, 4.69) is 9.62 Å². The van der Waals surface area contributed by atoms with Crippen LogP contribution in [0.25, 0.3) is 0 Å². The molecule has 0 radical (unpaired) electrons. The SMILES string of the molecule is CNS(=O)(=O)c1ccc(Cl)c(C(=O)N2CCN(c3ccccc3)CC2)c1. The second-order valence-corrected chi connectivity index (χ2v) is 8.26. The first-order chi connectivity index (χ1) is 12.4. The van der Waals surface area contributed by atoms with Gasteiger partial charge in [0, 0.05) is 31.9 Å². The zero-order valence-electron chi connectivity index (χ0n) is 14.4. The number of halogens is 1. The molecule has 0 aliphatic carbocycles. The van der Waals surface area contributed by atoms with Gasteiger partial charge in [-0.3, -0.25) is 4.79 Å². The summed E-state index contributed by atoms with van der Waals surface area (Å²) in [7, 11) is -2.31. The highest BCUT2D eigenvalue weighted by Crippen LogP contribution is 2.23. The molecular formula is C18H20ClN3O3S. The van der Waals surface area contributed by atoms with Crippen molar-refractivity contribution in [3.05, 3.63) is 59.1 Å². The Labute approximate surface area is 158 Å². The fraction of sp³-hybridized carbons (Fsp3) is 0.278. The third-order valence-corrected chi connectivity index (χ3v) is 6.18. The van der Waals surface area contributed by atoms with Crippen molar-refractivity contribution in [2.45, 2.75) is 4.90 Å².